The molecule has 0 aromatic heterocycles. The van der Waals surface area contributed by atoms with Gasteiger partial charge < -0.3 is 14.2 Å². The number of hydrogen-bond donors (Lipinski definition) is 0. The van der Waals surface area contributed by atoms with E-state index in [9.17, 15) is 4.79 Å². The largest absolute Gasteiger partial charge is 0.456 e. The number of carbonyl (C=O) groups excluding carboxylic acids is 1. The van der Waals surface area contributed by atoms with Crippen LogP contribution in [0.5, 0.6) is 0 Å². The fourth-order valence-electron chi connectivity index (χ4n) is 5.80. The zero-order chi connectivity index (χ0) is 17.4. The molecule has 4 saturated carbocycles. The third-order valence-corrected chi connectivity index (χ3v) is 6.84. The second-order valence-corrected chi connectivity index (χ2v) is 8.90. The molecule has 4 bridgehead atoms. The number of carbonyl (C=O) groups is 1. The zero-order valence-electron chi connectivity index (χ0n) is 15.5. The molecule has 4 heteroatoms. The minimum Gasteiger partial charge on any atom is -0.456 e. The molecule has 4 unspecified atom stereocenters. The molecule has 0 N–H and O–H groups in total. The summed E-state index contributed by atoms with van der Waals surface area (Å²) in [5.74, 6) is 1.77. The van der Waals surface area contributed by atoms with Crippen LogP contribution in [0.3, 0.4) is 0 Å². The lowest BCUT2D eigenvalue weighted by atomic mass is 9.52. The first-order chi connectivity index (χ1) is 12.1. The first-order valence-electron chi connectivity index (χ1n) is 10.2. The average molecular weight is 348 g/mol. The van der Waals surface area contributed by atoms with Crippen molar-refractivity contribution in [3.8, 4) is 0 Å². The third-order valence-electron chi connectivity index (χ3n) is 6.84. The molecule has 0 spiro atoms. The second-order valence-electron chi connectivity index (χ2n) is 8.90. The van der Waals surface area contributed by atoms with Crippen molar-refractivity contribution >= 4 is 5.97 Å². The number of hydrogen-bond acceptors (Lipinski definition) is 4. The molecular weight excluding hydrogens is 316 g/mol. The van der Waals surface area contributed by atoms with Gasteiger partial charge in [0.2, 0.25) is 0 Å². The summed E-state index contributed by atoms with van der Waals surface area (Å²) in [6.45, 7) is 7.19. The Bertz CT molecular complexity index is 510. The number of unbranched alkanes of at least 4 members (excludes halogenated alkanes) is 1. The molecule has 1 saturated heterocycles. The van der Waals surface area contributed by atoms with E-state index >= 15 is 0 Å². The molecule has 4 nitrogen and oxygen atoms in total. The maximum absolute atomic E-state index is 12.2. The molecule has 0 aromatic rings. The standard InChI is InChI=1S/C21H32O4/c1-14(2)20(22)25-19-17-10-15-9-16(11-17)13-21(19,12-15)24-7-4-3-5-18-6-8-23-18/h15-19H,1,3-13H2,2H3. The van der Waals surface area contributed by atoms with Crippen molar-refractivity contribution in [2.45, 2.75) is 82.5 Å². The number of ether oxygens (including phenoxy) is 3. The van der Waals surface area contributed by atoms with E-state index in [0.29, 0.717) is 17.6 Å². The smallest absolute Gasteiger partial charge is 0.333 e. The van der Waals surface area contributed by atoms with Gasteiger partial charge >= 0.3 is 5.97 Å². The van der Waals surface area contributed by atoms with Crippen LogP contribution in [-0.4, -0.2) is 37.0 Å². The number of rotatable bonds is 8. The quantitative estimate of drug-likeness (QED) is 0.377. The highest BCUT2D eigenvalue weighted by molar-refractivity contribution is 5.87. The van der Waals surface area contributed by atoms with Gasteiger partial charge in [-0.25, -0.2) is 4.79 Å². The Labute approximate surface area is 151 Å². The van der Waals surface area contributed by atoms with Gasteiger partial charge in [0.25, 0.3) is 0 Å². The summed E-state index contributed by atoms with van der Waals surface area (Å²) < 4.78 is 17.9. The van der Waals surface area contributed by atoms with Crippen molar-refractivity contribution in [3.63, 3.8) is 0 Å². The van der Waals surface area contributed by atoms with Crippen LogP contribution in [0.1, 0.15) is 64.7 Å². The molecule has 1 aliphatic heterocycles. The van der Waals surface area contributed by atoms with Gasteiger partial charge in [0.15, 0.2) is 0 Å². The Morgan fingerprint density at radius 3 is 2.52 bits per heavy atom. The van der Waals surface area contributed by atoms with E-state index < -0.39 is 0 Å². The monoisotopic (exact) mass is 348 g/mol. The minimum atomic E-state index is -0.248. The van der Waals surface area contributed by atoms with E-state index in [1.54, 1.807) is 6.92 Å². The molecule has 5 fully saturated rings. The van der Waals surface area contributed by atoms with Crippen LogP contribution in [0.2, 0.25) is 0 Å². The van der Waals surface area contributed by atoms with Crippen LogP contribution < -0.4 is 0 Å². The van der Waals surface area contributed by atoms with Crippen molar-refractivity contribution in [3.05, 3.63) is 12.2 Å². The zero-order valence-corrected chi connectivity index (χ0v) is 15.5. The summed E-state index contributed by atoms with van der Waals surface area (Å²) in [7, 11) is 0. The number of esters is 1. The van der Waals surface area contributed by atoms with Crippen LogP contribution in [0.25, 0.3) is 0 Å². The molecule has 0 amide bonds. The first-order valence-corrected chi connectivity index (χ1v) is 10.2. The van der Waals surface area contributed by atoms with Gasteiger partial charge in [0.1, 0.15) is 11.7 Å². The van der Waals surface area contributed by atoms with Crippen LogP contribution in [0.4, 0.5) is 0 Å². The normalized spacial score (nSPS) is 41.4. The highest BCUT2D eigenvalue weighted by atomic mass is 16.6. The summed E-state index contributed by atoms with van der Waals surface area (Å²) in [4.78, 5) is 12.2. The van der Waals surface area contributed by atoms with Gasteiger partial charge in [0, 0.05) is 18.8 Å². The predicted molar refractivity (Wildman–Crippen MR) is 95.1 cm³/mol. The lowest BCUT2D eigenvalue weighted by Crippen LogP contribution is -2.63. The summed E-state index contributed by atoms with van der Waals surface area (Å²) in [6.07, 6.45) is 10.9. The molecule has 4 atom stereocenters. The van der Waals surface area contributed by atoms with Crippen LogP contribution in [-0.2, 0) is 19.0 Å². The Kier molecular flexibility index (Phi) is 4.93. The Balaban J connectivity index is 1.36. The topological polar surface area (TPSA) is 44.8 Å². The van der Waals surface area contributed by atoms with E-state index in [1.807, 2.05) is 0 Å². The van der Waals surface area contributed by atoms with E-state index in [1.165, 1.54) is 25.7 Å². The van der Waals surface area contributed by atoms with Crippen molar-refractivity contribution in [2.75, 3.05) is 13.2 Å². The predicted octanol–water partition coefficient (Wildman–Crippen LogP) is 4.03. The van der Waals surface area contributed by atoms with Crippen molar-refractivity contribution in [1.82, 2.24) is 0 Å². The highest BCUT2D eigenvalue weighted by Gasteiger charge is 2.59. The fraction of sp³-hybridized carbons (Fsp3) is 0.857. The van der Waals surface area contributed by atoms with Gasteiger partial charge in [-0.2, -0.15) is 0 Å². The van der Waals surface area contributed by atoms with Gasteiger partial charge in [-0.15, -0.1) is 0 Å². The molecule has 0 radical (unpaired) electrons. The average Bonchev–Trinajstić information content (AvgIpc) is 2.51. The fourth-order valence-corrected chi connectivity index (χ4v) is 5.80. The summed E-state index contributed by atoms with van der Waals surface area (Å²) in [6, 6.07) is 0. The molecule has 140 valence electrons. The molecule has 0 aromatic carbocycles. The van der Waals surface area contributed by atoms with Crippen LogP contribution >= 0.6 is 0 Å². The Morgan fingerprint density at radius 1 is 1.20 bits per heavy atom. The van der Waals surface area contributed by atoms with Crippen LogP contribution in [0.15, 0.2) is 12.2 Å². The third kappa shape index (κ3) is 3.52. The summed E-state index contributed by atoms with van der Waals surface area (Å²) in [5.41, 5.74) is 0.261. The van der Waals surface area contributed by atoms with Crippen LogP contribution in [0, 0.1) is 17.8 Å². The molecule has 4 aliphatic carbocycles. The van der Waals surface area contributed by atoms with E-state index in [2.05, 4.69) is 6.58 Å². The second kappa shape index (κ2) is 7.03. The van der Waals surface area contributed by atoms with Gasteiger partial charge in [0.05, 0.1) is 6.10 Å². The molecule has 1 heterocycles. The van der Waals surface area contributed by atoms with Crippen molar-refractivity contribution in [2.24, 2.45) is 17.8 Å². The van der Waals surface area contributed by atoms with E-state index in [-0.39, 0.29) is 17.7 Å². The van der Waals surface area contributed by atoms with Gasteiger partial charge in [-0.3, -0.25) is 0 Å². The first kappa shape index (κ1) is 17.5. The SMILES string of the molecule is C=C(C)C(=O)OC1C2CC3CC(C2)CC1(OCCCCC1CCO1)C3. The molecule has 5 rings (SSSR count). The molecule has 5 aliphatic rings. The summed E-state index contributed by atoms with van der Waals surface area (Å²) >= 11 is 0. The van der Waals surface area contributed by atoms with Gasteiger partial charge in [-0.1, -0.05) is 6.58 Å². The summed E-state index contributed by atoms with van der Waals surface area (Å²) in [5, 5.41) is 0. The molecular formula is C21H32O4. The Morgan fingerprint density at radius 2 is 1.92 bits per heavy atom. The molecule has 25 heavy (non-hydrogen) atoms. The van der Waals surface area contributed by atoms with Crippen molar-refractivity contribution < 1.29 is 19.0 Å². The maximum Gasteiger partial charge on any atom is 0.333 e. The van der Waals surface area contributed by atoms with Crippen molar-refractivity contribution in [1.29, 1.82) is 0 Å². The van der Waals surface area contributed by atoms with Gasteiger partial charge in [-0.05, 0) is 82.5 Å². The highest BCUT2D eigenvalue weighted by Crippen LogP contribution is 2.58. The van der Waals surface area contributed by atoms with E-state index in [4.69, 9.17) is 14.2 Å². The van der Waals surface area contributed by atoms with E-state index in [0.717, 1.165) is 57.2 Å². The minimum absolute atomic E-state index is 0.0699. The Hall–Kier alpha value is -0.870. The lowest BCUT2D eigenvalue weighted by molar-refractivity contribution is -0.240. The maximum atomic E-state index is 12.2. The lowest BCUT2D eigenvalue weighted by Gasteiger charge is -2.59.